The Morgan fingerprint density at radius 2 is 2.24 bits per heavy atom. The van der Waals surface area contributed by atoms with Gasteiger partial charge in [-0.1, -0.05) is 0 Å². The molecule has 0 saturated carbocycles. The van der Waals surface area contributed by atoms with E-state index in [-0.39, 0.29) is 6.29 Å². The van der Waals surface area contributed by atoms with Gasteiger partial charge in [0.1, 0.15) is 6.33 Å². The molecule has 0 spiro atoms. The summed E-state index contributed by atoms with van der Waals surface area (Å²) >= 11 is 0. The second-order valence-electron chi connectivity index (χ2n) is 3.40. The van der Waals surface area contributed by atoms with E-state index in [1.165, 1.54) is 6.33 Å². The van der Waals surface area contributed by atoms with Gasteiger partial charge in [0, 0.05) is 38.0 Å². The van der Waals surface area contributed by atoms with Gasteiger partial charge >= 0.3 is 0 Å². The van der Waals surface area contributed by atoms with Crippen molar-refractivity contribution in [3.63, 3.8) is 0 Å². The maximum absolute atomic E-state index is 5.15. The Morgan fingerprint density at radius 3 is 2.88 bits per heavy atom. The topological polar surface area (TPSA) is 72.9 Å². The lowest BCUT2D eigenvalue weighted by Gasteiger charge is -2.14. The average molecular weight is 233 g/mol. The number of nitrogens with one attached hydrogen (secondary N) is 1. The number of H-pyrrole nitrogens is 1. The highest BCUT2D eigenvalue weighted by molar-refractivity contribution is 5.60. The zero-order valence-electron chi connectivity index (χ0n) is 9.67. The second-order valence-corrected chi connectivity index (χ2v) is 3.40. The third-order valence-corrected chi connectivity index (χ3v) is 2.40. The first-order chi connectivity index (χ1) is 8.35. The van der Waals surface area contributed by atoms with Crippen LogP contribution < -0.4 is 0 Å². The van der Waals surface area contributed by atoms with Crippen molar-refractivity contribution in [1.29, 1.82) is 0 Å². The number of aromatic amines is 1. The van der Waals surface area contributed by atoms with Gasteiger partial charge in [-0.2, -0.15) is 5.10 Å². The number of aromatic nitrogens is 4. The molecule has 0 saturated heterocycles. The van der Waals surface area contributed by atoms with Gasteiger partial charge in [0.05, 0.1) is 18.1 Å². The van der Waals surface area contributed by atoms with Gasteiger partial charge in [0.15, 0.2) is 6.29 Å². The van der Waals surface area contributed by atoms with Gasteiger partial charge in [-0.05, 0) is 0 Å². The monoisotopic (exact) mass is 233 g/mol. The van der Waals surface area contributed by atoms with Crippen LogP contribution in [-0.2, 0) is 15.9 Å². The largest absolute Gasteiger partial charge is 0.356 e. The molecule has 2 aromatic heterocycles. The van der Waals surface area contributed by atoms with Crippen molar-refractivity contribution in [3.8, 4) is 11.3 Å². The van der Waals surface area contributed by atoms with Crippen LogP contribution in [0.3, 0.4) is 0 Å². The summed E-state index contributed by atoms with van der Waals surface area (Å²) < 4.78 is 10.3. The number of ether oxygens (including phenoxy) is 2. The summed E-state index contributed by atoms with van der Waals surface area (Å²) in [5, 5.41) is 6.65. The van der Waals surface area contributed by atoms with E-state index in [4.69, 9.17) is 9.47 Å². The zero-order valence-corrected chi connectivity index (χ0v) is 9.67. The number of rotatable bonds is 5. The summed E-state index contributed by atoms with van der Waals surface area (Å²) in [6.07, 6.45) is 8.05. The van der Waals surface area contributed by atoms with Crippen LogP contribution >= 0.6 is 0 Å². The first kappa shape index (κ1) is 11.7. The molecule has 2 aromatic rings. The minimum absolute atomic E-state index is 0.331. The van der Waals surface area contributed by atoms with Crippen molar-refractivity contribution in [1.82, 2.24) is 20.2 Å². The van der Waals surface area contributed by atoms with Gasteiger partial charge in [-0.25, -0.2) is 9.97 Å². The van der Waals surface area contributed by atoms with Gasteiger partial charge in [-0.3, -0.25) is 5.10 Å². The van der Waals surface area contributed by atoms with Crippen molar-refractivity contribution in [2.24, 2.45) is 0 Å². The van der Waals surface area contributed by atoms with E-state index in [2.05, 4.69) is 26.4 Å². The second kappa shape index (κ2) is 5.51. The third-order valence-electron chi connectivity index (χ3n) is 2.40. The Kier molecular flexibility index (Phi) is 3.79. The number of methoxy groups -OCH3 is 2. The Labute approximate surface area is 99.0 Å². The van der Waals surface area contributed by atoms with Crippen LogP contribution in [-0.4, -0.2) is 40.7 Å². The van der Waals surface area contributed by atoms with E-state index in [0.717, 1.165) is 16.8 Å². The highest BCUT2D eigenvalue weighted by atomic mass is 16.7. The predicted molar refractivity (Wildman–Crippen MR) is 60.0 cm³/mol. The fourth-order valence-corrected chi connectivity index (χ4v) is 1.53. The quantitative estimate of drug-likeness (QED) is 0.774. The standard InChI is InChI=1S/C11H13N4O2/c1-16-10(17-2)3-8-4-12-7-13-11(8)9-5-14-15-6-9/h5-7,10H,3H2,1-2H3,(H,14,15). The maximum atomic E-state index is 5.15. The Hall–Kier alpha value is -1.79. The normalized spacial score (nSPS) is 11.0. The number of hydrogen-bond donors (Lipinski definition) is 1. The van der Waals surface area contributed by atoms with Crippen molar-refractivity contribution in [2.75, 3.05) is 14.2 Å². The summed E-state index contributed by atoms with van der Waals surface area (Å²) in [5.74, 6) is 0. The first-order valence-corrected chi connectivity index (χ1v) is 5.11. The van der Waals surface area contributed by atoms with Crippen LogP contribution in [0.25, 0.3) is 11.3 Å². The van der Waals surface area contributed by atoms with Crippen LogP contribution in [0.2, 0.25) is 0 Å². The van der Waals surface area contributed by atoms with Gasteiger partial charge in [0.25, 0.3) is 0 Å². The molecule has 0 unspecified atom stereocenters. The smallest absolute Gasteiger partial charge is 0.160 e. The van der Waals surface area contributed by atoms with Crippen LogP contribution in [0, 0.1) is 6.20 Å². The van der Waals surface area contributed by atoms with E-state index in [1.54, 1.807) is 26.6 Å². The molecule has 0 amide bonds. The third kappa shape index (κ3) is 2.66. The highest BCUT2D eigenvalue weighted by Gasteiger charge is 2.13. The molecule has 0 aliphatic heterocycles. The van der Waals surface area contributed by atoms with Crippen LogP contribution in [0.15, 0.2) is 18.7 Å². The van der Waals surface area contributed by atoms with Crippen molar-refractivity contribution < 1.29 is 9.47 Å². The molecule has 1 N–H and O–H groups in total. The van der Waals surface area contributed by atoms with Gasteiger partial charge in [0.2, 0.25) is 0 Å². The molecule has 6 nitrogen and oxygen atoms in total. The first-order valence-electron chi connectivity index (χ1n) is 5.11. The molecule has 0 bridgehead atoms. The summed E-state index contributed by atoms with van der Waals surface area (Å²) in [6.45, 7) is 0. The fraction of sp³-hybridized carbons (Fsp3) is 0.364. The Balaban J connectivity index is 2.28. The van der Waals surface area contributed by atoms with Crippen LogP contribution in [0.4, 0.5) is 0 Å². The molecule has 6 heteroatoms. The molecule has 0 fully saturated rings. The lowest BCUT2D eigenvalue weighted by Crippen LogP contribution is -2.17. The number of hydrogen-bond acceptors (Lipinski definition) is 5. The molecule has 0 atom stereocenters. The molecular weight excluding hydrogens is 220 g/mol. The van der Waals surface area contributed by atoms with Crippen molar-refractivity contribution in [3.05, 3.63) is 30.5 Å². The SMILES string of the molecule is COC(Cc1[c]ncnc1-c1cn[nH]c1)OC. The van der Waals surface area contributed by atoms with Crippen molar-refractivity contribution >= 4 is 0 Å². The molecule has 0 aliphatic rings. The van der Waals surface area contributed by atoms with Gasteiger partial charge in [-0.15, -0.1) is 0 Å². The van der Waals surface area contributed by atoms with Crippen molar-refractivity contribution in [2.45, 2.75) is 12.7 Å². The predicted octanol–water partition coefficient (Wildman–Crippen LogP) is 0.828. The van der Waals surface area contributed by atoms with E-state index in [9.17, 15) is 0 Å². The molecule has 17 heavy (non-hydrogen) atoms. The fourth-order valence-electron chi connectivity index (χ4n) is 1.53. The van der Waals surface area contributed by atoms with E-state index in [0.29, 0.717) is 6.42 Å². The summed E-state index contributed by atoms with van der Waals surface area (Å²) in [4.78, 5) is 8.13. The molecule has 2 heterocycles. The Bertz CT molecular complexity index is 454. The molecule has 1 radical (unpaired) electrons. The molecular formula is C11H13N4O2. The van der Waals surface area contributed by atoms with E-state index >= 15 is 0 Å². The summed E-state index contributed by atoms with van der Waals surface area (Å²) in [6, 6.07) is 0. The lowest BCUT2D eigenvalue weighted by atomic mass is 10.1. The van der Waals surface area contributed by atoms with Gasteiger partial charge < -0.3 is 9.47 Å². The molecule has 0 aromatic carbocycles. The molecule has 89 valence electrons. The summed E-state index contributed by atoms with van der Waals surface area (Å²) in [7, 11) is 3.19. The van der Waals surface area contributed by atoms with E-state index < -0.39 is 0 Å². The van der Waals surface area contributed by atoms with Crippen LogP contribution in [0.1, 0.15) is 5.56 Å². The van der Waals surface area contributed by atoms with E-state index in [1.807, 2.05) is 0 Å². The number of nitrogens with zero attached hydrogens (tertiary/aromatic N) is 3. The highest BCUT2D eigenvalue weighted by Crippen LogP contribution is 2.20. The molecule has 0 aliphatic carbocycles. The van der Waals surface area contributed by atoms with Crippen LogP contribution in [0.5, 0.6) is 0 Å². The minimum Gasteiger partial charge on any atom is -0.356 e. The average Bonchev–Trinajstić information content (AvgIpc) is 2.90. The Morgan fingerprint density at radius 1 is 1.41 bits per heavy atom. The lowest BCUT2D eigenvalue weighted by molar-refractivity contribution is -0.100. The summed E-state index contributed by atoms with van der Waals surface area (Å²) in [5.41, 5.74) is 2.51. The minimum atomic E-state index is -0.331. The maximum Gasteiger partial charge on any atom is 0.160 e. The molecule has 2 rings (SSSR count). The zero-order chi connectivity index (χ0) is 12.1.